The largest absolute Gasteiger partial charge is 0.494 e. The molecule has 30 heavy (non-hydrogen) atoms. The van der Waals surface area contributed by atoms with Crippen molar-refractivity contribution in [3.8, 4) is 5.75 Å². The maximum Gasteiger partial charge on any atom is 0.322 e. The van der Waals surface area contributed by atoms with Crippen LogP contribution in [0, 0.1) is 11.8 Å². The summed E-state index contributed by atoms with van der Waals surface area (Å²) in [5.74, 6) is 1.37. The monoisotopic (exact) mass is 416 g/mol. The van der Waals surface area contributed by atoms with Crippen LogP contribution >= 0.6 is 0 Å². The fourth-order valence-corrected chi connectivity index (χ4v) is 2.70. The number of hydrogen-bond acceptors (Lipinski definition) is 5. The van der Waals surface area contributed by atoms with Gasteiger partial charge in [0, 0.05) is 18.8 Å². The minimum Gasteiger partial charge on any atom is -0.494 e. The minimum atomic E-state index is -0.284. The summed E-state index contributed by atoms with van der Waals surface area (Å²) < 4.78 is 10.9. The second-order valence-corrected chi connectivity index (χ2v) is 7.89. The normalized spacial score (nSPS) is 10.9. The number of nitrogens with one attached hydrogen (secondary N) is 2. The third-order valence-electron chi connectivity index (χ3n) is 4.07. The van der Waals surface area contributed by atoms with Crippen molar-refractivity contribution in [1.82, 2.24) is 15.2 Å². The van der Waals surface area contributed by atoms with Gasteiger partial charge < -0.3 is 24.7 Å². The van der Waals surface area contributed by atoms with Gasteiger partial charge in [0.15, 0.2) is 5.69 Å². The first-order chi connectivity index (χ1) is 14.3. The van der Waals surface area contributed by atoms with Gasteiger partial charge in [0.25, 0.3) is 5.91 Å². The van der Waals surface area contributed by atoms with Crippen LogP contribution in [0.1, 0.15) is 51.0 Å². The number of nitrogens with zero attached hydrogens (tertiary/aromatic N) is 2. The zero-order chi connectivity index (χ0) is 22.1. The van der Waals surface area contributed by atoms with E-state index < -0.39 is 0 Å². The van der Waals surface area contributed by atoms with Gasteiger partial charge >= 0.3 is 6.03 Å². The van der Waals surface area contributed by atoms with Gasteiger partial charge in [0.2, 0.25) is 5.89 Å². The van der Waals surface area contributed by atoms with Gasteiger partial charge in [-0.3, -0.25) is 4.79 Å². The molecule has 0 bridgehead atoms. The SMILES string of the molecule is CCOc1ccc(NC(=O)N(Cc2nc(C(=O)NCC(C)C)co2)CC(C)C)cc1. The van der Waals surface area contributed by atoms with Gasteiger partial charge in [-0.05, 0) is 43.0 Å². The molecule has 2 N–H and O–H groups in total. The highest BCUT2D eigenvalue weighted by atomic mass is 16.5. The first-order valence-corrected chi connectivity index (χ1v) is 10.3. The van der Waals surface area contributed by atoms with Gasteiger partial charge in [-0.25, -0.2) is 9.78 Å². The number of anilines is 1. The zero-order valence-electron chi connectivity index (χ0n) is 18.4. The molecule has 0 fully saturated rings. The molecule has 1 heterocycles. The number of oxazole rings is 1. The molecule has 0 radical (unpaired) electrons. The summed E-state index contributed by atoms with van der Waals surface area (Å²) in [5, 5.41) is 5.68. The summed E-state index contributed by atoms with van der Waals surface area (Å²) in [6, 6.07) is 6.93. The predicted molar refractivity (Wildman–Crippen MR) is 116 cm³/mol. The highest BCUT2D eigenvalue weighted by Crippen LogP contribution is 2.17. The van der Waals surface area contributed by atoms with Crippen LogP contribution in [0.3, 0.4) is 0 Å². The summed E-state index contributed by atoms with van der Waals surface area (Å²) in [5.41, 5.74) is 0.875. The van der Waals surface area contributed by atoms with E-state index in [4.69, 9.17) is 9.15 Å². The Kier molecular flexibility index (Phi) is 8.70. The Labute approximate surface area is 178 Å². The smallest absolute Gasteiger partial charge is 0.322 e. The molecule has 0 atom stereocenters. The van der Waals surface area contributed by atoms with E-state index in [0.717, 1.165) is 5.75 Å². The number of ether oxygens (including phenoxy) is 1. The molecular weight excluding hydrogens is 384 g/mol. The standard InChI is InChI=1S/C22H32N4O4/c1-6-29-18-9-7-17(8-10-18)24-22(28)26(12-16(4)5)13-20-25-19(14-30-20)21(27)23-11-15(2)3/h7-10,14-16H,6,11-13H2,1-5H3,(H,23,27)(H,24,28). The number of urea groups is 1. The molecule has 0 spiro atoms. The van der Waals surface area contributed by atoms with E-state index in [2.05, 4.69) is 15.6 Å². The van der Waals surface area contributed by atoms with E-state index in [0.29, 0.717) is 37.2 Å². The zero-order valence-corrected chi connectivity index (χ0v) is 18.4. The van der Waals surface area contributed by atoms with Gasteiger partial charge in [0.05, 0.1) is 13.2 Å². The minimum absolute atomic E-state index is 0.165. The van der Waals surface area contributed by atoms with E-state index >= 15 is 0 Å². The highest BCUT2D eigenvalue weighted by molar-refractivity contribution is 5.92. The van der Waals surface area contributed by atoms with Crippen LogP contribution in [0.25, 0.3) is 0 Å². The molecule has 0 saturated heterocycles. The van der Waals surface area contributed by atoms with Crippen molar-refractivity contribution in [2.75, 3.05) is 25.0 Å². The number of aromatic nitrogens is 1. The Morgan fingerprint density at radius 1 is 1.13 bits per heavy atom. The molecule has 0 aliphatic heterocycles. The lowest BCUT2D eigenvalue weighted by molar-refractivity contribution is 0.0944. The number of carbonyl (C=O) groups excluding carboxylic acids is 2. The quantitative estimate of drug-likeness (QED) is 0.606. The fourth-order valence-electron chi connectivity index (χ4n) is 2.70. The maximum atomic E-state index is 12.8. The average molecular weight is 417 g/mol. The molecule has 0 aliphatic carbocycles. The van der Waals surface area contributed by atoms with Crippen molar-refractivity contribution >= 4 is 17.6 Å². The molecule has 0 saturated carbocycles. The molecule has 164 valence electrons. The van der Waals surface area contributed by atoms with Crippen molar-refractivity contribution in [3.63, 3.8) is 0 Å². The van der Waals surface area contributed by atoms with Crippen molar-refractivity contribution in [3.05, 3.63) is 42.1 Å². The van der Waals surface area contributed by atoms with E-state index in [-0.39, 0.29) is 30.1 Å². The summed E-state index contributed by atoms with van der Waals surface area (Å²) in [6.45, 7) is 11.8. The van der Waals surface area contributed by atoms with Crippen molar-refractivity contribution in [2.24, 2.45) is 11.8 Å². The first kappa shape index (κ1) is 23.3. The predicted octanol–water partition coefficient (Wildman–Crippen LogP) is 4.15. The van der Waals surface area contributed by atoms with Gasteiger partial charge in [0.1, 0.15) is 12.0 Å². The van der Waals surface area contributed by atoms with Crippen molar-refractivity contribution in [1.29, 1.82) is 0 Å². The molecule has 2 rings (SSSR count). The number of benzene rings is 1. The van der Waals surface area contributed by atoms with Gasteiger partial charge in [-0.1, -0.05) is 27.7 Å². The molecule has 2 aromatic rings. The summed E-state index contributed by atoms with van der Waals surface area (Å²) in [6.07, 6.45) is 1.32. The molecule has 3 amide bonds. The van der Waals surface area contributed by atoms with Crippen LogP contribution in [0.15, 0.2) is 34.9 Å². The summed E-state index contributed by atoms with van der Waals surface area (Å²) in [7, 11) is 0. The van der Waals surface area contributed by atoms with Crippen molar-refractivity contribution < 1.29 is 18.7 Å². The van der Waals surface area contributed by atoms with Crippen molar-refractivity contribution in [2.45, 2.75) is 41.2 Å². The lowest BCUT2D eigenvalue weighted by atomic mass is 10.2. The highest BCUT2D eigenvalue weighted by Gasteiger charge is 2.20. The lowest BCUT2D eigenvalue weighted by Gasteiger charge is -2.23. The lowest BCUT2D eigenvalue weighted by Crippen LogP contribution is -2.37. The number of amides is 3. The average Bonchev–Trinajstić information content (AvgIpc) is 3.15. The molecule has 0 aliphatic rings. The Bertz CT molecular complexity index is 815. The van der Waals surface area contributed by atoms with Gasteiger partial charge in [-0.15, -0.1) is 0 Å². The van der Waals surface area contributed by atoms with Crippen LogP contribution in [-0.4, -0.2) is 41.5 Å². The molecule has 8 nitrogen and oxygen atoms in total. The number of carbonyl (C=O) groups is 2. The summed E-state index contributed by atoms with van der Waals surface area (Å²) in [4.78, 5) is 30.8. The fraction of sp³-hybridized carbons (Fsp3) is 0.500. The molecule has 0 unspecified atom stereocenters. The second-order valence-electron chi connectivity index (χ2n) is 7.89. The van der Waals surface area contributed by atoms with Crippen LogP contribution in [-0.2, 0) is 6.54 Å². The van der Waals surface area contributed by atoms with E-state index in [1.54, 1.807) is 17.0 Å². The Hall–Kier alpha value is -3.03. The third kappa shape index (κ3) is 7.42. The van der Waals surface area contributed by atoms with Crippen LogP contribution in [0.2, 0.25) is 0 Å². The maximum absolute atomic E-state index is 12.8. The Morgan fingerprint density at radius 3 is 2.43 bits per heavy atom. The number of rotatable bonds is 10. The van der Waals surface area contributed by atoms with E-state index in [9.17, 15) is 9.59 Å². The summed E-state index contributed by atoms with van der Waals surface area (Å²) >= 11 is 0. The molecule has 1 aromatic carbocycles. The Morgan fingerprint density at radius 2 is 1.83 bits per heavy atom. The molecule has 1 aromatic heterocycles. The van der Waals surface area contributed by atoms with E-state index in [1.165, 1.54) is 6.26 Å². The Balaban J connectivity index is 2.03. The van der Waals surface area contributed by atoms with E-state index in [1.807, 2.05) is 46.8 Å². The van der Waals surface area contributed by atoms with Crippen LogP contribution in [0.5, 0.6) is 5.75 Å². The second kappa shape index (κ2) is 11.2. The first-order valence-electron chi connectivity index (χ1n) is 10.3. The topological polar surface area (TPSA) is 96.7 Å². The van der Waals surface area contributed by atoms with Crippen LogP contribution in [0.4, 0.5) is 10.5 Å². The molecular formula is C22H32N4O4. The van der Waals surface area contributed by atoms with Crippen LogP contribution < -0.4 is 15.4 Å². The third-order valence-corrected chi connectivity index (χ3v) is 4.07. The number of hydrogen-bond donors (Lipinski definition) is 2. The molecule has 8 heteroatoms. The van der Waals surface area contributed by atoms with Gasteiger partial charge in [-0.2, -0.15) is 0 Å².